The van der Waals surface area contributed by atoms with Gasteiger partial charge < -0.3 is 20.1 Å². The number of fused-ring (bicyclic) bond motifs is 1. The van der Waals surface area contributed by atoms with Gasteiger partial charge in [0.05, 0.1) is 46.8 Å². The SMILES string of the molecule is Cc1ccc2c(cc(C#CCNc3ccc(C(C)(C)C#N)nc3)n2CC(F)(F)F)c1NC1CCN(C)CC1. The number of nitriles is 1. The number of aryl methyl sites for hydroxylation is 1. The number of halogens is 3. The highest BCUT2D eigenvalue weighted by molar-refractivity contribution is 5.95. The first kappa shape index (κ1) is 27.3. The van der Waals surface area contributed by atoms with Crippen molar-refractivity contribution in [2.75, 3.05) is 37.3 Å². The lowest BCUT2D eigenvalue weighted by Crippen LogP contribution is -2.36. The van der Waals surface area contributed by atoms with Gasteiger partial charge in [0.2, 0.25) is 0 Å². The molecule has 1 aliphatic rings. The first-order valence-corrected chi connectivity index (χ1v) is 12.7. The third-order valence-corrected chi connectivity index (χ3v) is 6.98. The minimum atomic E-state index is -4.38. The lowest BCUT2D eigenvalue weighted by Gasteiger charge is -2.30. The first-order valence-electron chi connectivity index (χ1n) is 12.7. The molecule has 0 bridgehead atoms. The first-order chi connectivity index (χ1) is 18.0. The Balaban J connectivity index is 1.58. The van der Waals surface area contributed by atoms with Crippen molar-refractivity contribution >= 4 is 22.3 Å². The molecule has 0 unspecified atom stereocenters. The summed E-state index contributed by atoms with van der Waals surface area (Å²) in [4.78, 5) is 6.62. The van der Waals surface area contributed by atoms with Crippen molar-refractivity contribution in [2.24, 2.45) is 0 Å². The van der Waals surface area contributed by atoms with Gasteiger partial charge in [-0.3, -0.25) is 4.98 Å². The third kappa shape index (κ3) is 6.41. The number of hydrogen-bond donors (Lipinski definition) is 2. The molecule has 2 aromatic heterocycles. The molecule has 3 aromatic rings. The fourth-order valence-corrected chi connectivity index (χ4v) is 4.65. The Hall–Kier alpha value is -3.69. The number of aromatic nitrogens is 2. The van der Waals surface area contributed by atoms with E-state index in [1.165, 1.54) is 4.57 Å². The number of anilines is 2. The van der Waals surface area contributed by atoms with Gasteiger partial charge in [-0.2, -0.15) is 18.4 Å². The van der Waals surface area contributed by atoms with E-state index in [0.29, 0.717) is 22.6 Å². The van der Waals surface area contributed by atoms with Crippen LogP contribution in [-0.4, -0.2) is 53.4 Å². The zero-order valence-corrected chi connectivity index (χ0v) is 22.2. The van der Waals surface area contributed by atoms with Crippen LogP contribution in [-0.2, 0) is 12.0 Å². The fraction of sp³-hybridized carbons (Fsp3) is 0.448. The normalized spacial score (nSPS) is 15.1. The molecule has 2 N–H and O–H groups in total. The molecule has 0 spiro atoms. The van der Waals surface area contributed by atoms with Crippen molar-refractivity contribution in [3.63, 3.8) is 0 Å². The average Bonchev–Trinajstić information content (AvgIpc) is 3.21. The molecule has 200 valence electrons. The van der Waals surface area contributed by atoms with Gasteiger partial charge in [0.1, 0.15) is 6.54 Å². The fourth-order valence-electron chi connectivity index (χ4n) is 4.65. The summed E-state index contributed by atoms with van der Waals surface area (Å²) >= 11 is 0. The smallest absolute Gasteiger partial charge is 0.381 e. The van der Waals surface area contributed by atoms with Gasteiger partial charge in [-0.1, -0.05) is 12.0 Å². The predicted octanol–water partition coefficient (Wildman–Crippen LogP) is 5.68. The number of pyridine rings is 1. The molecule has 1 saturated heterocycles. The van der Waals surface area contributed by atoms with Crippen LogP contribution in [0.1, 0.15) is 43.6 Å². The summed E-state index contributed by atoms with van der Waals surface area (Å²) < 4.78 is 41.9. The Morgan fingerprint density at radius 2 is 1.87 bits per heavy atom. The van der Waals surface area contributed by atoms with Crippen molar-refractivity contribution < 1.29 is 13.2 Å². The van der Waals surface area contributed by atoms with E-state index in [1.807, 2.05) is 19.1 Å². The van der Waals surface area contributed by atoms with Crippen LogP contribution in [0.4, 0.5) is 24.5 Å². The predicted molar refractivity (Wildman–Crippen MR) is 145 cm³/mol. The highest BCUT2D eigenvalue weighted by atomic mass is 19.4. The number of likely N-dealkylation sites (tertiary alicyclic amines) is 1. The third-order valence-electron chi connectivity index (χ3n) is 6.98. The van der Waals surface area contributed by atoms with Crippen molar-refractivity contribution in [1.29, 1.82) is 5.26 Å². The lowest BCUT2D eigenvalue weighted by atomic mass is 9.91. The van der Waals surface area contributed by atoms with Gasteiger partial charge in [0, 0.05) is 17.1 Å². The number of nitrogens with one attached hydrogen (secondary N) is 2. The van der Waals surface area contributed by atoms with Crippen molar-refractivity contribution in [2.45, 2.75) is 57.8 Å². The number of alkyl halides is 3. The molecule has 4 rings (SSSR count). The van der Waals surface area contributed by atoms with E-state index in [9.17, 15) is 18.4 Å². The zero-order valence-electron chi connectivity index (χ0n) is 22.2. The van der Waals surface area contributed by atoms with E-state index in [4.69, 9.17) is 0 Å². The van der Waals surface area contributed by atoms with E-state index in [0.717, 1.165) is 42.6 Å². The van der Waals surface area contributed by atoms with Crippen LogP contribution in [0, 0.1) is 30.1 Å². The van der Waals surface area contributed by atoms with E-state index in [2.05, 4.69) is 45.5 Å². The van der Waals surface area contributed by atoms with E-state index >= 15 is 0 Å². The number of nitrogens with zero attached hydrogens (tertiary/aromatic N) is 4. The molecule has 1 aromatic carbocycles. The van der Waals surface area contributed by atoms with Crippen LogP contribution in [0.15, 0.2) is 36.5 Å². The number of benzene rings is 1. The molecule has 0 saturated carbocycles. The van der Waals surface area contributed by atoms with Crippen LogP contribution < -0.4 is 10.6 Å². The summed E-state index contributed by atoms with van der Waals surface area (Å²) in [5.41, 5.74) is 3.40. The summed E-state index contributed by atoms with van der Waals surface area (Å²) in [7, 11) is 2.10. The van der Waals surface area contributed by atoms with Crippen molar-refractivity contribution in [1.82, 2.24) is 14.5 Å². The quantitative estimate of drug-likeness (QED) is 0.408. The summed E-state index contributed by atoms with van der Waals surface area (Å²) in [6.07, 6.45) is -0.784. The standard InChI is InChI=1S/C29H33F3N6/c1-20-7-9-25-24(27(20)36-21-11-14-37(4)15-12-21)16-23(38(25)19-29(30,31)32)6-5-13-34-22-8-10-26(35-17-22)28(2,3)18-33/h7-10,16-17,21,34,36H,11-15,19H2,1-4H3. The van der Waals surface area contributed by atoms with Gasteiger partial charge in [-0.25, -0.2) is 0 Å². The minimum Gasteiger partial charge on any atom is -0.381 e. The second kappa shape index (κ2) is 11.0. The van der Waals surface area contributed by atoms with Gasteiger partial charge in [-0.15, -0.1) is 0 Å². The van der Waals surface area contributed by atoms with E-state index in [1.54, 1.807) is 38.2 Å². The highest BCUT2D eigenvalue weighted by Crippen LogP contribution is 2.33. The molecular formula is C29H33F3N6. The van der Waals surface area contributed by atoms with Gasteiger partial charge in [0.25, 0.3) is 0 Å². The second-order valence-electron chi connectivity index (χ2n) is 10.5. The summed E-state index contributed by atoms with van der Waals surface area (Å²) in [6.45, 7) is 6.67. The monoisotopic (exact) mass is 522 g/mol. The molecule has 0 radical (unpaired) electrons. The average molecular weight is 523 g/mol. The van der Waals surface area contributed by atoms with Crippen LogP contribution in [0.3, 0.4) is 0 Å². The Morgan fingerprint density at radius 1 is 1.13 bits per heavy atom. The number of hydrogen-bond acceptors (Lipinski definition) is 5. The molecule has 9 heteroatoms. The van der Waals surface area contributed by atoms with Crippen LogP contribution >= 0.6 is 0 Å². The summed E-state index contributed by atoms with van der Waals surface area (Å²) in [5, 5.41) is 16.8. The van der Waals surface area contributed by atoms with Crippen LogP contribution in [0.2, 0.25) is 0 Å². The lowest BCUT2D eigenvalue weighted by molar-refractivity contribution is -0.140. The molecule has 0 aliphatic carbocycles. The highest BCUT2D eigenvalue weighted by Gasteiger charge is 2.30. The zero-order chi connectivity index (χ0) is 27.5. The molecule has 38 heavy (non-hydrogen) atoms. The Morgan fingerprint density at radius 3 is 2.50 bits per heavy atom. The maximum absolute atomic E-state index is 13.5. The van der Waals surface area contributed by atoms with Gasteiger partial charge >= 0.3 is 6.18 Å². The summed E-state index contributed by atoms with van der Waals surface area (Å²) in [5.74, 6) is 5.91. The van der Waals surface area contributed by atoms with Gasteiger partial charge in [0.15, 0.2) is 0 Å². The van der Waals surface area contributed by atoms with Gasteiger partial charge in [-0.05, 0) is 89.5 Å². The van der Waals surface area contributed by atoms with E-state index < -0.39 is 18.1 Å². The van der Waals surface area contributed by atoms with Crippen molar-refractivity contribution in [3.05, 3.63) is 53.5 Å². The maximum Gasteiger partial charge on any atom is 0.406 e. The Bertz CT molecular complexity index is 1380. The topological polar surface area (TPSA) is 68.9 Å². The van der Waals surface area contributed by atoms with E-state index in [-0.39, 0.29) is 12.6 Å². The molecule has 6 nitrogen and oxygen atoms in total. The maximum atomic E-state index is 13.5. The van der Waals surface area contributed by atoms with Crippen LogP contribution in [0.25, 0.3) is 10.9 Å². The molecule has 0 amide bonds. The summed E-state index contributed by atoms with van der Waals surface area (Å²) in [6, 6.07) is 11.5. The molecular weight excluding hydrogens is 489 g/mol. The minimum absolute atomic E-state index is 0.232. The molecule has 1 fully saturated rings. The molecule has 3 heterocycles. The Labute approximate surface area is 221 Å². The molecule has 1 aliphatic heterocycles. The largest absolute Gasteiger partial charge is 0.406 e. The number of piperidine rings is 1. The van der Waals surface area contributed by atoms with Crippen molar-refractivity contribution in [3.8, 4) is 17.9 Å². The second-order valence-corrected chi connectivity index (χ2v) is 10.5. The Kier molecular flexibility index (Phi) is 7.89. The number of rotatable bonds is 6. The van der Waals surface area contributed by atoms with Crippen LogP contribution in [0.5, 0.6) is 0 Å². The molecule has 0 atom stereocenters.